The highest BCUT2D eigenvalue weighted by molar-refractivity contribution is 6.07. The van der Waals surface area contributed by atoms with Crippen LogP contribution in [-0.4, -0.2) is 36.2 Å². The number of amides is 1. The van der Waals surface area contributed by atoms with Gasteiger partial charge in [-0.3, -0.25) is 9.59 Å². The summed E-state index contributed by atoms with van der Waals surface area (Å²) < 4.78 is 4.81. The lowest BCUT2D eigenvalue weighted by molar-refractivity contribution is -0.145. The number of β-amino-alcohol motifs (C(OH)–C–C–N with tert-alkyl or cyclic N) is 1. The topological polar surface area (TPSA) is 66.8 Å². The number of aliphatic hydroxyl groups is 1. The van der Waals surface area contributed by atoms with E-state index in [0.717, 1.165) is 11.3 Å². The number of benzene rings is 1. The second-order valence-corrected chi connectivity index (χ2v) is 5.72. The number of esters is 1. The first-order chi connectivity index (χ1) is 9.87. The Labute approximate surface area is 124 Å². The molecule has 1 N–H and O–H groups in total. The minimum atomic E-state index is -0.935. The van der Waals surface area contributed by atoms with Crippen LogP contribution in [0.15, 0.2) is 24.3 Å². The van der Waals surface area contributed by atoms with E-state index in [-0.39, 0.29) is 25.5 Å². The summed E-state index contributed by atoms with van der Waals surface area (Å²) in [5.74, 6) is -0.518. The third-order valence-electron chi connectivity index (χ3n) is 3.75. The predicted octanol–water partition coefficient (Wildman–Crippen LogP) is 1.62. The molecule has 1 atom stereocenters. The monoisotopic (exact) mass is 291 g/mol. The molecule has 1 aromatic carbocycles. The number of anilines is 1. The lowest BCUT2D eigenvalue weighted by Gasteiger charge is -2.22. The Hall–Kier alpha value is -1.88. The number of rotatable bonds is 5. The number of carbonyl (C=O) groups excluding carboxylic acids is 2. The molecular formula is C16H21NO4. The number of hydrogen-bond acceptors (Lipinski definition) is 4. The molecule has 1 aromatic rings. The number of para-hydroxylation sites is 1. The van der Waals surface area contributed by atoms with Gasteiger partial charge in [-0.15, -0.1) is 0 Å². The van der Waals surface area contributed by atoms with E-state index in [1.54, 1.807) is 11.8 Å². The van der Waals surface area contributed by atoms with E-state index >= 15 is 0 Å². The molecule has 0 saturated carbocycles. The van der Waals surface area contributed by atoms with Crippen LogP contribution in [-0.2, 0) is 19.7 Å². The summed E-state index contributed by atoms with van der Waals surface area (Å²) in [6.45, 7) is 5.83. The molecule has 5 heteroatoms. The van der Waals surface area contributed by atoms with Gasteiger partial charge in [0.2, 0.25) is 5.91 Å². The SMILES string of the molecule is CCOC(=O)CC(O)CN1C(=O)C(C)(C)c2ccccc21. The minimum Gasteiger partial charge on any atom is -0.466 e. The van der Waals surface area contributed by atoms with E-state index in [1.807, 2.05) is 38.1 Å². The maximum atomic E-state index is 12.5. The molecular weight excluding hydrogens is 270 g/mol. The van der Waals surface area contributed by atoms with Crippen LogP contribution >= 0.6 is 0 Å². The first kappa shape index (κ1) is 15.5. The summed E-state index contributed by atoms with van der Waals surface area (Å²) >= 11 is 0. The fourth-order valence-corrected chi connectivity index (χ4v) is 2.67. The lowest BCUT2D eigenvalue weighted by Crippen LogP contribution is -2.41. The van der Waals surface area contributed by atoms with Gasteiger partial charge in [0.1, 0.15) is 0 Å². The first-order valence-corrected chi connectivity index (χ1v) is 7.13. The van der Waals surface area contributed by atoms with Crippen LogP contribution in [0.2, 0.25) is 0 Å². The van der Waals surface area contributed by atoms with Crippen molar-refractivity contribution in [3.63, 3.8) is 0 Å². The molecule has 0 aromatic heterocycles. The van der Waals surface area contributed by atoms with Crippen LogP contribution in [0.4, 0.5) is 5.69 Å². The molecule has 0 bridgehead atoms. The normalized spacial score (nSPS) is 17.5. The fraction of sp³-hybridized carbons (Fsp3) is 0.500. The molecule has 5 nitrogen and oxygen atoms in total. The van der Waals surface area contributed by atoms with Gasteiger partial charge in [-0.25, -0.2) is 0 Å². The van der Waals surface area contributed by atoms with Crippen molar-refractivity contribution < 1.29 is 19.4 Å². The lowest BCUT2D eigenvalue weighted by atomic mass is 9.86. The number of carbonyl (C=O) groups is 2. The van der Waals surface area contributed by atoms with Gasteiger partial charge in [0.05, 0.1) is 31.1 Å². The van der Waals surface area contributed by atoms with Crippen LogP contribution in [0.25, 0.3) is 0 Å². The predicted molar refractivity (Wildman–Crippen MR) is 79.1 cm³/mol. The molecule has 1 amide bonds. The average molecular weight is 291 g/mol. The Bertz CT molecular complexity index is 553. The van der Waals surface area contributed by atoms with Crippen molar-refractivity contribution >= 4 is 17.6 Å². The fourth-order valence-electron chi connectivity index (χ4n) is 2.67. The van der Waals surface area contributed by atoms with E-state index in [2.05, 4.69) is 0 Å². The zero-order chi connectivity index (χ0) is 15.6. The van der Waals surface area contributed by atoms with Gasteiger partial charge in [-0.05, 0) is 32.4 Å². The molecule has 2 rings (SSSR count). The summed E-state index contributed by atoms with van der Waals surface area (Å²) in [6.07, 6.45) is -1.05. The largest absolute Gasteiger partial charge is 0.466 e. The maximum Gasteiger partial charge on any atom is 0.308 e. The molecule has 21 heavy (non-hydrogen) atoms. The van der Waals surface area contributed by atoms with Crippen molar-refractivity contribution in [2.45, 2.75) is 38.7 Å². The van der Waals surface area contributed by atoms with Crippen molar-refractivity contribution in [3.8, 4) is 0 Å². The van der Waals surface area contributed by atoms with Crippen LogP contribution in [0.5, 0.6) is 0 Å². The molecule has 0 radical (unpaired) electrons. The zero-order valence-corrected chi connectivity index (χ0v) is 12.6. The number of hydrogen-bond donors (Lipinski definition) is 1. The van der Waals surface area contributed by atoms with Crippen LogP contribution in [0.1, 0.15) is 32.8 Å². The highest BCUT2D eigenvalue weighted by atomic mass is 16.5. The number of aliphatic hydroxyl groups excluding tert-OH is 1. The molecule has 1 aliphatic heterocycles. The average Bonchev–Trinajstić information content (AvgIpc) is 2.61. The minimum absolute atomic E-state index is 0.0633. The van der Waals surface area contributed by atoms with E-state index in [1.165, 1.54) is 0 Å². The van der Waals surface area contributed by atoms with Crippen molar-refractivity contribution in [1.29, 1.82) is 0 Å². The van der Waals surface area contributed by atoms with E-state index in [4.69, 9.17) is 4.74 Å². The van der Waals surface area contributed by atoms with Crippen molar-refractivity contribution in [2.75, 3.05) is 18.1 Å². The van der Waals surface area contributed by atoms with E-state index < -0.39 is 17.5 Å². The highest BCUT2D eigenvalue weighted by Gasteiger charge is 2.44. The van der Waals surface area contributed by atoms with Crippen LogP contribution in [0, 0.1) is 0 Å². The van der Waals surface area contributed by atoms with E-state index in [9.17, 15) is 14.7 Å². The highest BCUT2D eigenvalue weighted by Crippen LogP contribution is 2.41. The van der Waals surface area contributed by atoms with Gasteiger partial charge in [-0.1, -0.05) is 18.2 Å². The Morgan fingerprint density at radius 1 is 1.38 bits per heavy atom. The molecule has 0 spiro atoms. The second kappa shape index (κ2) is 5.85. The molecule has 0 aliphatic carbocycles. The first-order valence-electron chi connectivity index (χ1n) is 7.13. The standard InChI is InChI=1S/C16H21NO4/c1-4-21-14(19)9-11(18)10-17-13-8-6-5-7-12(13)16(2,3)15(17)20/h5-8,11,18H,4,9-10H2,1-3H3. The van der Waals surface area contributed by atoms with Gasteiger partial charge in [0.25, 0.3) is 0 Å². The van der Waals surface area contributed by atoms with Crippen molar-refractivity contribution in [1.82, 2.24) is 0 Å². The maximum absolute atomic E-state index is 12.5. The van der Waals surface area contributed by atoms with Crippen molar-refractivity contribution in [2.24, 2.45) is 0 Å². The Balaban J connectivity index is 2.14. The number of fused-ring (bicyclic) bond motifs is 1. The summed E-state index contributed by atoms with van der Waals surface area (Å²) in [5, 5.41) is 10.0. The molecule has 0 fully saturated rings. The molecule has 114 valence electrons. The zero-order valence-electron chi connectivity index (χ0n) is 12.6. The Kier molecular flexibility index (Phi) is 4.32. The van der Waals surface area contributed by atoms with Crippen LogP contribution in [0.3, 0.4) is 0 Å². The summed E-state index contributed by atoms with van der Waals surface area (Å²) in [5.41, 5.74) is 1.13. The van der Waals surface area contributed by atoms with Gasteiger partial charge in [-0.2, -0.15) is 0 Å². The van der Waals surface area contributed by atoms with Gasteiger partial charge >= 0.3 is 5.97 Å². The van der Waals surface area contributed by atoms with Gasteiger partial charge in [0.15, 0.2) is 0 Å². The summed E-state index contributed by atoms with van der Waals surface area (Å²) in [4.78, 5) is 25.5. The third-order valence-corrected chi connectivity index (χ3v) is 3.75. The molecule has 0 saturated heterocycles. The molecule has 1 aliphatic rings. The molecule has 1 heterocycles. The van der Waals surface area contributed by atoms with Gasteiger partial charge < -0.3 is 14.7 Å². The Morgan fingerprint density at radius 2 is 2.05 bits per heavy atom. The Morgan fingerprint density at radius 3 is 2.71 bits per heavy atom. The third kappa shape index (κ3) is 2.93. The van der Waals surface area contributed by atoms with Crippen molar-refractivity contribution in [3.05, 3.63) is 29.8 Å². The van der Waals surface area contributed by atoms with Gasteiger partial charge in [0, 0.05) is 5.69 Å². The number of ether oxygens (including phenoxy) is 1. The smallest absolute Gasteiger partial charge is 0.308 e. The second-order valence-electron chi connectivity index (χ2n) is 5.72. The number of nitrogens with zero attached hydrogens (tertiary/aromatic N) is 1. The summed E-state index contributed by atoms with van der Waals surface area (Å²) in [7, 11) is 0. The summed E-state index contributed by atoms with van der Waals surface area (Å²) in [6, 6.07) is 7.54. The quantitative estimate of drug-likeness (QED) is 0.837. The molecule has 1 unspecified atom stereocenters. The van der Waals surface area contributed by atoms with Crippen LogP contribution < -0.4 is 4.90 Å². The van der Waals surface area contributed by atoms with E-state index in [0.29, 0.717) is 0 Å².